The Bertz CT molecular complexity index is 648. The number of imide groups is 1. The molecule has 1 saturated heterocycles. The summed E-state index contributed by atoms with van der Waals surface area (Å²) in [5.41, 5.74) is 0.573. The number of nitrogens with one attached hydrogen (secondary N) is 3. The third-order valence-electron chi connectivity index (χ3n) is 6.28. The van der Waals surface area contributed by atoms with Crippen LogP contribution in [0, 0.1) is 11.3 Å². The van der Waals surface area contributed by atoms with E-state index < -0.39 is 11.6 Å². The molecular weight excluding hydrogens is 380 g/mol. The van der Waals surface area contributed by atoms with Gasteiger partial charge in [0.25, 0.3) is 5.91 Å². The van der Waals surface area contributed by atoms with Crippen molar-refractivity contribution in [3.8, 4) is 0 Å². The zero-order valence-corrected chi connectivity index (χ0v) is 17.9. The highest BCUT2D eigenvalue weighted by Gasteiger charge is 2.53. The highest BCUT2D eigenvalue weighted by atomic mass is 35.5. The van der Waals surface area contributed by atoms with E-state index in [0.29, 0.717) is 25.3 Å². The van der Waals surface area contributed by atoms with E-state index in [4.69, 9.17) is 0 Å². The predicted molar refractivity (Wildman–Crippen MR) is 110 cm³/mol. The van der Waals surface area contributed by atoms with Crippen LogP contribution < -0.4 is 16.0 Å². The van der Waals surface area contributed by atoms with Crippen molar-refractivity contribution >= 4 is 30.3 Å². The Labute approximate surface area is 173 Å². The Kier molecular flexibility index (Phi) is 7.15. The van der Waals surface area contributed by atoms with Gasteiger partial charge in [-0.1, -0.05) is 32.4 Å². The lowest BCUT2D eigenvalue weighted by atomic mass is 9.67. The summed E-state index contributed by atoms with van der Waals surface area (Å²) in [6, 6.07) is -0.439. The number of halogens is 1. The Morgan fingerprint density at radius 2 is 1.96 bits per heavy atom. The maximum Gasteiger partial charge on any atom is 0.325 e. The molecule has 8 heteroatoms. The van der Waals surface area contributed by atoms with Crippen LogP contribution in [0.3, 0.4) is 0 Å². The number of carbonyl (C=O) groups is 3. The van der Waals surface area contributed by atoms with E-state index in [1.807, 2.05) is 0 Å². The van der Waals surface area contributed by atoms with E-state index in [2.05, 4.69) is 42.8 Å². The van der Waals surface area contributed by atoms with Crippen LogP contribution in [0.4, 0.5) is 4.79 Å². The normalized spacial score (nSPS) is 27.9. The van der Waals surface area contributed by atoms with Gasteiger partial charge in [0, 0.05) is 13.1 Å². The van der Waals surface area contributed by atoms with Gasteiger partial charge in [-0.05, 0) is 50.0 Å². The molecular formula is C20H33ClN4O3. The molecule has 0 radical (unpaired) electrons. The molecule has 4 amide bonds. The Balaban J connectivity index is 0.00000280. The van der Waals surface area contributed by atoms with Crippen molar-refractivity contribution in [3.05, 3.63) is 11.6 Å². The summed E-state index contributed by atoms with van der Waals surface area (Å²) >= 11 is 0. The first-order chi connectivity index (χ1) is 12.7. The lowest BCUT2D eigenvalue weighted by Crippen LogP contribution is -2.51. The van der Waals surface area contributed by atoms with E-state index in [-0.39, 0.29) is 36.2 Å². The predicted octanol–water partition coefficient (Wildman–Crippen LogP) is 1.97. The smallest absolute Gasteiger partial charge is 0.325 e. The highest BCUT2D eigenvalue weighted by molar-refractivity contribution is 6.09. The SMILES string of the molecule is CC(C)(C)C1CCC2(CC1)NC(=O)N(CC(=O)NCC1=CCNCC1)C2=O.Cl. The molecule has 1 spiro atoms. The van der Waals surface area contributed by atoms with Gasteiger partial charge < -0.3 is 16.0 Å². The maximum atomic E-state index is 12.9. The summed E-state index contributed by atoms with van der Waals surface area (Å²) < 4.78 is 0. The molecule has 7 nitrogen and oxygen atoms in total. The number of carbonyl (C=O) groups excluding carboxylic acids is 3. The molecule has 2 fully saturated rings. The molecule has 0 atom stereocenters. The molecule has 3 N–H and O–H groups in total. The fourth-order valence-corrected chi connectivity index (χ4v) is 4.38. The molecule has 1 saturated carbocycles. The fraction of sp³-hybridized carbons (Fsp3) is 0.750. The molecule has 1 aliphatic carbocycles. The van der Waals surface area contributed by atoms with Gasteiger partial charge in [-0.2, -0.15) is 0 Å². The minimum Gasteiger partial charge on any atom is -0.351 e. The number of hydrogen-bond acceptors (Lipinski definition) is 4. The van der Waals surface area contributed by atoms with Crippen molar-refractivity contribution in [2.45, 2.75) is 58.4 Å². The minimum atomic E-state index is -0.809. The molecule has 0 bridgehead atoms. The second-order valence-electron chi connectivity index (χ2n) is 9.14. The second kappa shape index (κ2) is 8.82. The molecule has 3 aliphatic rings. The summed E-state index contributed by atoms with van der Waals surface area (Å²) in [6.07, 6.45) is 6.10. The Morgan fingerprint density at radius 3 is 2.54 bits per heavy atom. The number of rotatable bonds is 4. The first-order valence-corrected chi connectivity index (χ1v) is 10.0. The number of urea groups is 1. The molecule has 2 heterocycles. The van der Waals surface area contributed by atoms with Gasteiger partial charge in [0.05, 0.1) is 0 Å². The van der Waals surface area contributed by atoms with E-state index >= 15 is 0 Å². The van der Waals surface area contributed by atoms with Gasteiger partial charge in [0.1, 0.15) is 12.1 Å². The quantitative estimate of drug-likeness (QED) is 0.486. The summed E-state index contributed by atoms with van der Waals surface area (Å²) in [5.74, 6) is 0.0119. The van der Waals surface area contributed by atoms with Gasteiger partial charge in [0.15, 0.2) is 0 Å². The van der Waals surface area contributed by atoms with Crippen LogP contribution in [0.2, 0.25) is 0 Å². The molecule has 0 unspecified atom stereocenters. The van der Waals surface area contributed by atoms with Crippen LogP contribution in [0.25, 0.3) is 0 Å². The first kappa shape index (κ1) is 22.7. The zero-order valence-electron chi connectivity index (χ0n) is 17.1. The highest BCUT2D eigenvalue weighted by Crippen LogP contribution is 2.43. The van der Waals surface area contributed by atoms with Crippen molar-refractivity contribution in [2.24, 2.45) is 11.3 Å². The minimum absolute atomic E-state index is 0. The van der Waals surface area contributed by atoms with Gasteiger partial charge in [-0.25, -0.2) is 4.79 Å². The van der Waals surface area contributed by atoms with Crippen molar-refractivity contribution in [1.82, 2.24) is 20.9 Å². The zero-order chi connectivity index (χ0) is 19.7. The lowest BCUT2D eigenvalue weighted by Gasteiger charge is -2.40. The monoisotopic (exact) mass is 412 g/mol. The van der Waals surface area contributed by atoms with Crippen LogP contribution in [0.1, 0.15) is 52.9 Å². The molecule has 28 heavy (non-hydrogen) atoms. The largest absolute Gasteiger partial charge is 0.351 e. The molecule has 158 valence electrons. The summed E-state index contributed by atoms with van der Waals surface area (Å²) in [6.45, 7) is 8.66. The lowest BCUT2D eigenvalue weighted by molar-refractivity contribution is -0.136. The average Bonchev–Trinajstić information content (AvgIpc) is 2.85. The third-order valence-corrected chi connectivity index (χ3v) is 6.28. The summed E-state index contributed by atoms with van der Waals surface area (Å²) in [7, 11) is 0. The number of nitrogens with zero attached hydrogens (tertiary/aromatic N) is 1. The second-order valence-corrected chi connectivity index (χ2v) is 9.14. The van der Waals surface area contributed by atoms with E-state index in [1.54, 1.807) is 0 Å². The topological polar surface area (TPSA) is 90.5 Å². The number of amides is 4. The van der Waals surface area contributed by atoms with Gasteiger partial charge in [0.2, 0.25) is 5.91 Å². The van der Waals surface area contributed by atoms with Crippen molar-refractivity contribution < 1.29 is 14.4 Å². The molecule has 3 rings (SSSR count). The Hall–Kier alpha value is -1.60. The van der Waals surface area contributed by atoms with Crippen molar-refractivity contribution in [1.29, 1.82) is 0 Å². The van der Waals surface area contributed by atoms with Crippen LogP contribution >= 0.6 is 12.4 Å². The van der Waals surface area contributed by atoms with E-state index in [0.717, 1.165) is 37.3 Å². The van der Waals surface area contributed by atoms with Crippen LogP contribution in [-0.4, -0.2) is 54.5 Å². The molecule has 2 aliphatic heterocycles. The number of hydrogen-bond donors (Lipinski definition) is 3. The van der Waals surface area contributed by atoms with Crippen LogP contribution in [0.15, 0.2) is 11.6 Å². The fourth-order valence-electron chi connectivity index (χ4n) is 4.38. The van der Waals surface area contributed by atoms with Crippen molar-refractivity contribution in [3.63, 3.8) is 0 Å². The molecule has 0 aromatic carbocycles. The Morgan fingerprint density at radius 1 is 1.29 bits per heavy atom. The maximum absolute atomic E-state index is 12.9. The van der Waals surface area contributed by atoms with Gasteiger partial charge >= 0.3 is 6.03 Å². The third kappa shape index (κ3) is 4.87. The molecule has 0 aromatic heterocycles. The standard InChI is InChI=1S/C20H32N4O3.ClH/c1-19(2,3)15-4-8-20(9-5-15)17(26)24(18(27)23-20)13-16(25)22-12-14-6-10-21-11-7-14;/h6,15,21H,4-5,7-13H2,1-3H3,(H,22,25)(H,23,27);1H. The summed E-state index contributed by atoms with van der Waals surface area (Å²) in [5, 5.41) is 8.94. The molecule has 0 aromatic rings. The van der Waals surface area contributed by atoms with Crippen LogP contribution in [0.5, 0.6) is 0 Å². The van der Waals surface area contributed by atoms with Gasteiger partial charge in [-0.15, -0.1) is 12.4 Å². The van der Waals surface area contributed by atoms with Crippen molar-refractivity contribution in [2.75, 3.05) is 26.2 Å². The van der Waals surface area contributed by atoms with E-state index in [9.17, 15) is 14.4 Å². The van der Waals surface area contributed by atoms with E-state index in [1.165, 1.54) is 5.57 Å². The van der Waals surface area contributed by atoms with Gasteiger partial charge in [-0.3, -0.25) is 14.5 Å². The summed E-state index contributed by atoms with van der Waals surface area (Å²) in [4.78, 5) is 38.7. The van der Waals surface area contributed by atoms with Crippen LogP contribution in [-0.2, 0) is 9.59 Å². The first-order valence-electron chi connectivity index (χ1n) is 10.0. The average molecular weight is 413 g/mol.